The van der Waals surface area contributed by atoms with Gasteiger partial charge in [0.05, 0.1) is 11.0 Å². The molecule has 114 valence electrons. The lowest BCUT2D eigenvalue weighted by molar-refractivity contribution is 0.575. The van der Waals surface area contributed by atoms with E-state index in [1.54, 1.807) is 4.98 Å². The van der Waals surface area contributed by atoms with Crippen LogP contribution in [0.15, 0.2) is 20.7 Å². The van der Waals surface area contributed by atoms with Crippen LogP contribution in [-0.4, -0.2) is 37.4 Å². The molecule has 1 aromatic heterocycles. The van der Waals surface area contributed by atoms with E-state index in [-0.39, 0.29) is 12.3 Å². The first-order valence-corrected chi connectivity index (χ1v) is 9.47. The van der Waals surface area contributed by atoms with Crippen molar-refractivity contribution in [1.82, 2.24) is 9.55 Å². The second kappa shape index (κ2) is 5.70. The van der Waals surface area contributed by atoms with Gasteiger partial charge in [-0.15, -0.1) is 0 Å². The third kappa shape index (κ3) is 3.93. The minimum Gasteiger partial charge on any atom is -0.298 e. The normalized spacial score (nSPS) is 12.8. The maximum absolute atomic E-state index is 11.6. The van der Waals surface area contributed by atoms with Gasteiger partial charge in [0.1, 0.15) is 0 Å². The van der Waals surface area contributed by atoms with Gasteiger partial charge >= 0.3 is 5.69 Å². The van der Waals surface area contributed by atoms with Gasteiger partial charge in [-0.3, -0.25) is 14.3 Å². The molecule has 0 aliphatic rings. The van der Waals surface area contributed by atoms with Crippen LogP contribution in [0.3, 0.4) is 0 Å². The van der Waals surface area contributed by atoms with Crippen LogP contribution in [-0.2, 0) is 25.4 Å². The Morgan fingerprint density at radius 3 is 2.25 bits per heavy atom. The van der Waals surface area contributed by atoms with E-state index in [0.29, 0.717) is 0 Å². The first-order valence-electron chi connectivity index (χ1n) is 5.45. The predicted octanol–water partition coefficient (Wildman–Crippen LogP) is -0.713. The van der Waals surface area contributed by atoms with E-state index in [9.17, 15) is 26.4 Å². The van der Waals surface area contributed by atoms with Crippen LogP contribution in [0, 0.1) is 0 Å². The predicted molar refractivity (Wildman–Crippen MR) is 73.3 cm³/mol. The Bertz CT molecular complexity index is 819. The molecule has 0 aliphatic carbocycles. The molecule has 0 atom stereocenters. The van der Waals surface area contributed by atoms with Gasteiger partial charge in [-0.2, -0.15) is 0 Å². The van der Waals surface area contributed by atoms with E-state index in [4.69, 9.17) is 10.7 Å². The number of H-pyrrole nitrogens is 1. The molecule has 1 aromatic rings. The van der Waals surface area contributed by atoms with Gasteiger partial charge in [0.15, 0.2) is 14.7 Å². The van der Waals surface area contributed by atoms with Gasteiger partial charge in [-0.05, 0) is 13.8 Å². The van der Waals surface area contributed by atoms with Crippen molar-refractivity contribution in [2.45, 2.75) is 30.5 Å². The van der Waals surface area contributed by atoms with Crippen LogP contribution in [0.1, 0.15) is 13.8 Å². The van der Waals surface area contributed by atoms with E-state index in [1.165, 1.54) is 13.8 Å². The maximum Gasteiger partial charge on any atom is 0.328 e. The standard InChI is InChI=1S/C9H13ClN2O6S2/c1-6(2)19(15,16)4-3-12-5-7(20(10,17)18)8(13)11-9(12)14/h5-6H,3-4H2,1-2H3,(H,11,13,14). The number of aryl methyl sites for hydroxylation is 1. The first kappa shape index (κ1) is 16.9. The molecule has 0 aliphatic heterocycles. The average molecular weight is 345 g/mol. The molecule has 0 saturated carbocycles. The second-order valence-electron chi connectivity index (χ2n) is 4.30. The van der Waals surface area contributed by atoms with Gasteiger partial charge in [0, 0.05) is 23.4 Å². The van der Waals surface area contributed by atoms with Gasteiger partial charge in [-0.1, -0.05) is 0 Å². The molecule has 0 radical (unpaired) electrons. The molecule has 0 aromatic carbocycles. The van der Waals surface area contributed by atoms with E-state index in [1.807, 2.05) is 0 Å². The summed E-state index contributed by atoms with van der Waals surface area (Å²) in [4.78, 5) is 23.7. The summed E-state index contributed by atoms with van der Waals surface area (Å²) in [5.41, 5.74) is -2.05. The number of nitrogens with one attached hydrogen (secondary N) is 1. The highest BCUT2D eigenvalue weighted by molar-refractivity contribution is 8.13. The minimum absolute atomic E-state index is 0.282. The van der Waals surface area contributed by atoms with Crippen molar-refractivity contribution in [2.75, 3.05) is 5.75 Å². The smallest absolute Gasteiger partial charge is 0.298 e. The topological polar surface area (TPSA) is 123 Å². The van der Waals surface area contributed by atoms with E-state index in [2.05, 4.69) is 0 Å². The first-order chi connectivity index (χ1) is 8.95. The van der Waals surface area contributed by atoms with Crippen LogP contribution in [0.5, 0.6) is 0 Å². The van der Waals surface area contributed by atoms with Crippen molar-refractivity contribution in [1.29, 1.82) is 0 Å². The summed E-state index contributed by atoms with van der Waals surface area (Å²) in [7, 11) is -2.68. The molecular weight excluding hydrogens is 332 g/mol. The Labute approximate surface area is 119 Å². The molecule has 1 heterocycles. The van der Waals surface area contributed by atoms with Crippen LogP contribution in [0.25, 0.3) is 0 Å². The lowest BCUT2D eigenvalue weighted by Crippen LogP contribution is -2.34. The molecule has 8 nitrogen and oxygen atoms in total. The fraction of sp³-hybridized carbons (Fsp3) is 0.556. The van der Waals surface area contributed by atoms with Crippen molar-refractivity contribution < 1.29 is 16.8 Å². The van der Waals surface area contributed by atoms with Crippen molar-refractivity contribution in [2.24, 2.45) is 0 Å². The molecule has 20 heavy (non-hydrogen) atoms. The SMILES string of the molecule is CC(C)S(=O)(=O)CCn1cc(S(=O)(=O)Cl)c(=O)[nH]c1=O. The third-order valence-electron chi connectivity index (χ3n) is 2.58. The zero-order valence-electron chi connectivity index (χ0n) is 10.7. The molecular formula is C9H13ClN2O6S2. The summed E-state index contributed by atoms with van der Waals surface area (Å²) in [6.45, 7) is 2.69. The Morgan fingerprint density at radius 2 is 1.80 bits per heavy atom. The summed E-state index contributed by atoms with van der Waals surface area (Å²) in [5, 5.41) is -0.628. The number of hydrogen-bond acceptors (Lipinski definition) is 6. The summed E-state index contributed by atoms with van der Waals surface area (Å²) in [6, 6.07) is 0. The summed E-state index contributed by atoms with van der Waals surface area (Å²) < 4.78 is 46.3. The number of nitrogens with zero attached hydrogens (tertiary/aromatic N) is 1. The van der Waals surface area contributed by atoms with Crippen LogP contribution in [0.2, 0.25) is 0 Å². The number of halogens is 1. The number of aromatic nitrogens is 2. The lowest BCUT2D eigenvalue weighted by atomic mass is 10.6. The van der Waals surface area contributed by atoms with Crippen LogP contribution >= 0.6 is 10.7 Å². The van der Waals surface area contributed by atoms with Gasteiger partial charge in [-0.25, -0.2) is 21.6 Å². The Balaban J connectivity index is 3.22. The highest BCUT2D eigenvalue weighted by Gasteiger charge is 2.19. The molecule has 1 rings (SSSR count). The Hall–Kier alpha value is -1.13. The zero-order chi connectivity index (χ0) is 15.7. The number of sulfone groups is 1. The van der Waals surface area contributed by atoms with Crippen molar-refractivity contribution in [3.63, 3.8) is 0 Å². The summed E-state index contributed by atoms with van der Waals surface area (Å²) in [6.07, 6.45) is 0.735. The number of hydrogen-bond donors (Lipinski definition) is 1. The van der Waals surface area contributed by atoms with Crippen molar-refractivity contribution >= 4 is 29.6 Å². The zero-order valence-corrected chi connectivity index (χ0v) is 13.0. The number of rotatable bonds is 5. The lowest BCUT2D eigenvalue weighted by Gasteiger charge is -2.09. The largest absolute Gasteiger partial charge is 0.328 e. The Morgan fingerprint density at radius 1 is 1.25 bits per heavy atom. The molecule has 1 N–H and O–H groups in total. The Kier molecular flexibility index (Phi) is 4.82. The molecule has 0 fully saturated rings. The van der Waals surface area contributed by atoms with Crippen molar-refractivity contribution in [3.05, 3.63) is 27.0 Å². The van der Waals surface area contributed by atoms with E-state index >= 15 is 0 Å². The van der Waals surface area contributed by atoms with Gasteiger partial charge in [0.25, 0.3) is 14.6 Å². The van der Waals surface area contributed by atoms with Crippen LogP contribution in [0.4, 0.5) is 0 Å². The quantitative estimate of drug-likeness (QED) is 0.703. The molecule has 0 bridgehead atoms. The molecule has 11 heteroatoms. The summed E-state index contributed by atoms with van der Waals surface area (Å²) >= 11 is 0. The third-order valence-corrected chi connectivity index (χ3v) is 6.08. The monoisotopic (exact) mass is 344 g/mol. The molecule has 0 saturated heterocycles. The van der Waals surface area contributed by atoms with E-state index < -0.39 is 40.3 Å². The fourth-order valence-corrected chi connectivity index (χ4v) is 3.07. The van der Waals surface area contributed by atoms with Crippen molar-refractivity contribution in [3.8, 4) is 0 Å². The van der Waals surface area contributed by atoms with E-state index in [0.717, 1.165) is 10.8 Å². The molecule has 0 amide bonds. The number of aromatic amines is 1. The summed E-state index contributed by atoms with van der Waals surface area (Å²) in [5.74, 6) is -0.363. The van der Waals surface area contributed by atoms with Gasteiger partial charge in [0.2, 0.25) is 0 Å². The van der Waals surface area contributed by atoms with Crippen LogP contribution < -0.4 is 11.2 Å². The average Bonchev–Trinajstić information content (AvgIpc) is 2.25. The fourth-order valence-electron chi connectivity index (χ4n) is 1.29. The highest BCUT2D eigenvalue weighted by Crippen LogP contribution is 2.08. The minimum atomic E-state index is -4.32. The highest BCUT2D eigenvalue weighted by atomic mass is 35.7. The molecule has 0 unspecified atom stereocenters. The molecule has 0 spiro atoms. The second-order valence-corrected chi connectivity index (χ2v) is 9.51. The maximum atomic E-state index is 11.6. The van der Waals surface area contributed by atoms with Gasteiger partial charge < -0.3 is 0 Å².